The molecule has 0 unspecified atom stereocenters. The highest BCUT2D eigenvalue weighted by Gasteiger charge is 2.21. The van der Waals surface area contributed by atoms with E-state index in [4.69, 9.17) is 0 Å². The number of aliphatic carboxylic acids is 2. The summed E-state index contributed by atoms with van der Waals surface area (Å²) in [5.74, 6) is -3.19. The first-order chi connectivity index (χ1) is 19.3. The lowest BCUT2D eigenvalue weighted by Gasteiger charge is -2.13. The Bertz CT molecular complexity index is 1220. The standard InChI is InChI=1S/C25H29N9O6/c35-22(33-20(24(37)38)8-18-12-28-14-30-18)4-6-26-10-16-2-1-3-17(32-16)11-27-7-5-23(36)34-21(25(39)40)9-19-13-29-15-31-19/h1-3,10-15,20-21H,4-9H2,(H,28,30)(H,29,31)(H,33,35)(H,34,36)(H,37,38)(H,39,40)/t20-,21-/m0/s1. The summed E-state index contributed by atoms with van der Waals surface area (Å²) in [5.41, 5.74) is 2.23. The van der Waals surface area contributed by atoms with Gasteiger partial charge in [-0.25, -0.2) is 24.5 Å². The number of carboxylic acid groups (broad SMARTS) is 2. The van der Waals surface area contributed by atoms with E-state index in [-0.39, 0.29) is 38.8 Å². The van der Waals surface area contributed by atoms with Crippen molar-refractivity contribution in [3.8, 4) is 0 Å². The van der Waals surface area contributed by atoms with Gasteiger partial charge in [0.15, 0.2) is 0 Å². The van der Waals surface area contributed by atoms with Crippen LogP contribution in [0.3, 0.4) is 0 Å². The van der Waals surface area contributed by atoms with E-state index in [1.807, 2.05) is 0 Å². The Morgan fingerprint density at radius 3 is 1.62 bits per heavy atom. The topological polar surface area (TPSA) is 228 Å². The number of amides is 2. The number of H-pyrrole nitrogens is 2. The molecule has 0 saturated carbocycles. The molecule has 0 aromatic carbocycles. The first-order valence-electron chi connectivity index (χ1n) is 12.3. The molecule has 0 bridgehead atoms. The maximum atomic E-state index is 12.1. The van der Waals surface area contributed by atoms with Gasteiger partial charge < -0.3 is 30.8 Å². The highest BCUT2D eigenvalue weighted by molar-refractivity contribution is 5.85. The molecule has 6 N–H and O–H groups in total. The van der Waals surface area contributed by atoms with Gasteiger partial charge >= 0.3 is 11.9 Å². The lowest BCUT2D eigenvalue weighted by molar-refractivity contribution is -0.142. The molecule has 2 amide bonds. The lowest BCUT2D eigenvalue weighted by atomic mass is 10.1. The van der Waals surface area contributed by atoms with E-state index in [0.29, 0.717) is 22.8 Å². The molecule has 3 aromatic rings. The number of pyridine rings is 1. The third-order valence-electron chi connectivity index (χ3n) is 5.40. The van der Waals surface area contributed by atoms with E-state index < -0.39 is 35.8 Å². The average Bonchev–Trinajstić information content (AvgIpc) is 3.63. The van der Waals surface area contributed by atoms with Crippen LogP contribution in [0.1, 0.15) is 35.6 Å². The van der Waals surface area contributed by atoms with Crippen molar-refractivity contribution in [2.45, 2.75) is 37.8 Å². The maximum Gasteiger partial charge on any atom is 0.326 e. The number of carboxylic acids is 2. The van der Waals surface area contributed by atoms with E-state index in [0.717, 1.165) is 0 Å². The Morgan fingerprint density at radius 1 is 0.800 bits per heavy atom. The monoisotopic (exact) mass is 551 g/mol. The van der Waals surface area contributed by atoms with E-state index in [1.165, 1.54) is 37.5 Å². The molecule has 0 saturated heterocycles. The number of carbonyl (C=O) groups is 4. The first kappa shape index (κ1) is 29.3. The third-order valence-corrected chi connectivity index (χ3v) is 5.40. The molecule has 0 aliphatic carbocycles. The zero-order valence-electron chi connectivity index (χ0n) is 21.4. The van der Waals surface area contributed by atoms with Crippen molar-refractivity contribution < 1.29 is 29.4 Å². The molecule has 3 heterocycles. The summed E-state index contributed by atoms with van der Waals surface area (Å²) in [4.78, 5) is 73.1. The van der Waals surface area contributed by atoms with Gasteiger partial charge in [-0.3, -0.25) is 19.6 Å². The molecule has 2 atom stereocenters. The summed E-state index contributed by atoms with van der Waals surface area (Å²) in [7, 11) is 0. The zero-order chi connectivity index (χ0) is 28.7. The van der Waals surface area contributed by atoms with Crippen LogP contribution >= 0.6 is 0 Å². The smallest absolute Gasteiger partial charge is 0.326 e. The second kappa shape index (κ2) is 15.3. The molecule has 210 valence electrons. The van der Waals surface area contributed by atoms with Gasteiger partial charge in [-0.1, -0.05) is 6.07 Å². The summed E-state index contributed by atoms with van der Waals surface area (Å²) in [6.07, 6.45) is 9.00. The number of aromatic amines is 2. The van der Waals surface area contributed by atoms with E-state index in [2.05, 4.69) is 45.5 Å². The number of imidazole rings is 2. The molecule has 0 fully saturated rings. The van der Waals surface area contributed by atoms with Gasteiger partial charge in [0.25, 0.3) is 0 Å². The zero-order valence-corrected chi connectivity index (χ0v) is 21.4. The summed E-state index contributed by atoms with van der Waals surface area (Å²) >= 11 is 0. The number of carbonyl (C=O) groups excluding carboxylic acids is 2. The van der Waals surface area contributed by atoms with E-state index in [9.17, 15) is 29.4 Å². The molecular formula is C25H29N9O6. The second-order valence-electron chi connectivity index (χ2n) is 8.54. The highest BCUT2D eigenvalue weighted by atomic mass is 16.4. The number of rotatable bonds is 16. The number of hydrogen-bond acceptors (Lipinski definition) is 9. The average molecular weight is 552 g/mol. The van der Waals surface area contributed by atoms with Gasteiger partial charge in [-0.15, -0.1) is 0 Å². The van der Waals surface area contributed by atoms with Crippen LogP contribution in [0.25, 0.3) is 0 Å². The Kier molecular flexibility index (Phi) is 11.2. The predicted molar refractivity (Wildman–Crippen MR) is 142 cm³/mol. The van der Waals surface area contributed by atoms with Crippen molar-refractivity contribution in [2.75, 3.05) is 13.1 Å². The Balaban J connectivity index is 1.40. The van der Waals surface area contributed by atoms with Crippen LogP contribution < -0.4 is 10.6 Å². The SMILES string of the molecule is O=C(CCN=Cc1cccc(C=NCCC(=O)N[C@@H](Cc2cnc[nH]2)C(=O)O)n1)N[C@@H](Cc1cnc[nH]1)C(=O)O. The first-order valence-corrected chi connectivity index (χ1v) is 12.3. The predicted octanol–water partition coefficient (Wildman–Crippen LogP) is -0.230. The molecule has 0 aliphatic heterocycles. The fourth-order valence-electron chi connectivity index (χ4n) is 3.43. The summed E-state index contributed by atoms with van der Waals surface area (Å²) in [5, 5.41) is 23.6. The molecule has 0 radical (unpaired) electrons. The van der Waals surface area contributed by atoms with Gasteiger partial charge in [-0.05, 0) is 12.1 Å². The molecular weight excluding hydrogens is 522 g/mol. The Morgan fingerprint density at radius 2 is 1.25 bits per heavy atom. The summed E-state index contributed by atoms with van der Waals surface area (Å²) in [6, 6.07) is 3.01. The van der Waals surface area contributed by atoms with Gasteiger partial charge in [0.1, 0.15) is 12.1 Å². The number of aliphatic imine (C=N–C) groups is 2. The quantitative estimate of drug-likeness (QED) is 0.129. The minimum absolute atomic E-state index is 0.00288. The molecule has 15 nitrogen and oxygen atoms in total. The van der Waals surface area contributed by atoms with Crippen LogP contribution in [0, 0.1) is 0 Å². The normalized spacial score (nSPS) is 12.8. The molecule has 40 heavy (non-hydrogen) atoms. The van der Waals surface area contributed by atoms with Crippen LogP contribution in [0.5, 0.6) is 0 Å². The van der Waals surface area contributed by atoms with Crippen molar-refractivity contribution in [2.24, 2.45) is 9.98 Å². The Hall–Kier alpha value is -5.21. The number of nitrogens with zero attached hydrogens (tertiary/aromatic N) is 5. The van der Waals surface area contributed by atoms with Gasteiger partial charge in [-0.2, -0.15) is 0 Å². The van der Waals surface area contributed by atoms with Gasteiger partial charge in [0, 0.05) is 75.0 Å². The van der Waals surface area contributed by atoms with Crippen molar-refractivity contribution in [1.82, 2.24) is 35.6 Å². The van der Waals surface area contributed by atoms with Gasteiger partial charge in [0.2, 0.25) is 11.8 Å². The molecule has 15 heteroatoms. The largest absolute Gasteiger partial charge is 0.480 e. The number of hydrogen-bond donors (Lipinski definition) is 6. The Labute approximate surface area is 228 Å². The minimum atomic E-state index is -1.15. The van der Waals surface area contributed by atoms with Crippen LogP contribution in [0.2, 0.25) is 0 Å². The van der Waals surface area contributed by atoms with Crippen LogP contribution in [0.15, 0.2) is 53.2 Å². The second-order valence-corrected chi connectivity index (χ2v) is 8.54. The molecule has 3 aromatic heterocycles. The fraction of sp³-hybridized carbons (Fsp3) is 0.320. The molecule has 3 rings (SSSR count). The van der Waals surface area contributed by atoms with Crippen LogP contribution in [-0.2, 0) is 32.0 Å². The fourth-order valence-corrected chi connectivity index (χ4v) is 3.43. The van der Waals surface area contributed by atoms with Crippen molar-refractivity contribution in [3.05, 3.63) is 66.0 Å². The van der Waals surface area contributed by atoms with Gasteiger partial charge in [0.05, 0.1) is 24.0 Å². The van der Waals surface area contributed by atoms with E-state index >= 15 is 0 Å². The van der Waals surface area contributed by atoms with Crippen molar-refractivity contribution in [3.63, 3.8) is 0 Å². The van der Waals surface area contributed by atoms with Crippen LogP contribution in [-0.4, -0.2) is 96.5 Å². The van der Waals surface area contributed by atoms with Crippen molar-refractivity contribution in [1.29, 1.82) is 0 Å². The molecule has 0 spiro atoms. The lowest BCUT2D eigenvalue weighted by Crippen LogP contribution is -2.42. The maximum absolute atomic E-state index is 12.1. The summed E-state index contributed by atoms with van der Waals surface area (Å²) < 4.78 is 0. The summed E-state index contributed by atoms with van der Waals surface area (Å²) in [6.45, 7) is 0.268. The minimum Gasteiger partial charge on any atom is -0.480 e. The number of aromatic nitrogens is 5. The highest BCUT2D eigenvalue weighted by Crippen LogP contribution is 2.01. The third kappa shape index (κ3) is 10.3. The van der Waals surface area contributed by atoms with Crippen LogP contribution in [0.4, 0.5) is 0 Å². The van der Waals surface area contributed by atoms with Crippen molar-refractivity contribution >= 4 is 36.2 Å². The number of nitrogens with one attached hydrogen (secondary N) is 4. The molecule has 0 aliphatic rings. The van der Waals surface area contributed by atoms with E-state index in [1.54, 1.807) is 18.2 Å².